The maximum Gasteiger partial charge on any atom is 0.336 e. The van der Waals surface area contributed by atoms with E-state index in [4.69, 9.17) is 14.2 Å². The molecule has 24 heavy (non-hydrogen) atoms. The molecule has 0 aliphatic carbocycles. The number of allylic oxidation sites excluding steroid dienone is 2. The van der Waals surface area contributed by atoms with Crippen LogP contribution >= 0.6 is 12.6 Å². The lowest BCUT2D eigenvalue weighted by Gasteiger charge is -2.28. The van der Waals surface area contributed by atoms with E-state index in [2.05, 4.69) is 24.0 Å². The van der Waals surface area contributed by atoms with Gasteiger partial charge in [0.2, 0.25) is 0 Å². The number of nitrogens with one attached hydrogen (secondary N) is 1. The third-order valence-corrected chi connectivity index (χ3v) is 4.16. The monoisotopic (exact) mass is 346 g/mol. The van der Waals surface area contributed by atoms with E-state index < -0.39 is 11.9 Å². The molecule has 6 nitrogen and oxygen atoms in total. The molecule has 0 saturated carbocycles. The molecular formula is C17H18N2O4S. The number of esters is 1. The standard InChI is InChI=1S/C17H18N2O4S/c1-9-14(17(20)23-4)15(11(8-18)16(24)19-9)10-5-6-12(21-2)13(7-10)22-3/h5-7,15,19,24H,1-4H3/t15-/m0/s1. The first-order valence-electron chi connectivity index (χ1n) is 7.09. The number of benzene rings is 1. The van der Waals surface area contributed by atoms with Gasteiger partial charge in [0.1, 0.15) is 0 Å². The average molecular weight is 346 g/mol. The van der Waals surface area contributed by atoms with Crippen molar-refractivity contribution in [1.29, 1.82) is 5.26 Å². The van der Waals surface area contributed by atoms with Crippen LogP contribution in [0.15, 0.2) is 40.1 Å². The van der Waals surface area contributed by atoms with Gasteiger partial charge in [0.05, 0.1) is 49.5 Å². The predicted molar refractivity (Wildman–Crippen MR) is 91.8 cm³/mol. The second kappa shape index (κ2) is 7.32. The van der Waals surface area contributed by atoms with Crippen molar-refractivity contribution < 1.29 is 19.0 Å². The van der Waals surface area contributed by atoms with Crippen molar-refractivity contribution in [1.82, 2.24) is 5.32 Å². The zero-order valence-corrected chi connectivity index (χ0v) is 14.7. The number of carbonyl (C=O) groups is 1. The minimum absolute atomic E-state index is 0.330. The summed E-state index contributed by atoms with van der Waals surface area (Å²) in [6, 6.07) is 7.38. The minimum Gasteiger partial charge on any atom is -0.493 e. The number of hydrogen-bond acceptors (Lipinski definition) is 7. The predicted octanol–water partition coefficient (Wildman–Crippen LogP) is 2.50. The zero-order chi connectivity index (χ0) is 17.9. The Bertz CT molecular complexity index is 777. The molecule has 0 amide bonds. The van der Waals surface area contributed by atoms with Crippen molar-refractivity contribution in [2.24, 2.45) is 0 Å². The molecule has 0 fully saturated rings. The van der Waals surface area contributed by atoms with Crippen LogP contribution in [0.1, 0.15) is 18.4 Å². The molecule has 1 aromatic carbocycles. The lowest BCUT2D eigenvalue weighted by molar-refractivity contribution is -0.136. The summed E-state index contributed by atoms with van der Waals surface area (Å²) in [5.74, 6) is -0.0399. The summed E-state index contributed by atoms with van der Waals surface area (Å²) in [5.41, 5.74) is 1.98. The highest BCUT2D eigenvalue weighted by Crippen LogP contribution is 2.41. The number of dihydropyridines is 1. The van der Waals surface area contributed by atoms with Crippen LogP contribution in [0.2, 0.25) is 0 Å². The number of carbonyl (C=O) groups excluding carboxylic acids is 1. The number of rotatable bonds is 4. The number of nitriles is 1. The SMILES string of the molecule is COC(=O)C1=C(C)NC(S)=C(C#N)[C@@H]1c1ccc(OC)c(OC)c1. The molecule has 0 bridgehead atoms. The lowest BCUT2D eigenvalue weighted by atomic mass is 9.82. The summed E-state index contributed by atoms with van der Waals surface area (Å²) in [5, 5.41) is 12.9. The van der Waals surface area contributed by atoms with E-state index in [0.717, 1.165) is 0 Å². The molecule has 2 rings (SSSR count). The van der Waals surface area contributed by atoms with Gasteiger partial charge in [-0.1, -0.05) is 6.07 Å². The van der Waals surface area contributed by atoms with Gasteiger partial charge in [-0.05, 0) is 24.6 Å². The van der Waals surface area contributed by atoms with E-state index in [-0.39, 0.29) is 0 Å². The summed E-state index contributed by atoms with van der Waals surface area (Å²) in [7, 11) is 4.37. The maximum atomic E-state index is 12.3. The first-order chi connectivity index (χ1) is 11.5. The molecular weight excluding hydrogens is 328 g/mol. The molecule has 1 N–H and O–H groups in total. The Balaban J connectivity index is 2.67. The van der Waals surface area contributed by atoms with Gasteiger partial charge in [-0.25, -0.2) is 4.79 Å². The average Bonchev–Trinajstić information content (AvgIpc) is 2.59. The van der Waals surface area contributed by atoms with Gasteiger partial charge in [0, 0.05) is 5.70 Å². The fourth-order valence-corrected chi connectivity index (χ4v) is 3.02. The van der Waals surface area contributed by atoms with Crippen LogP contribution in [0.5, 0.6) is 11.5 Å². The molecule has 1 aliphatic heterocycles. The molecule has 1 aliphatic rings. The molecule has 1 aromatic rings. The third-order valence-electron chi connectivity index (χ3n) is 3.81. The normalized spacial score (nSPS) is 17.1. The second-order valence-corrected chi connectivity index (χ2v) is 5.52. The largest absolute Gasteiger partial charge is 0.493 e. The maximum absolute atomic E-state index is 12.3. The number of methoxy groups -OCH3 is 3. The van der Waals surface area contributed by atoms with Crippen molar-refractivity contribution >= 4 is 18.6 Å². The minimum atomic E-state index is -0.601. The highest BCUT2D eigenvalue weighted by Gasteiger charge is 2.34. The van der Waals surface area contributed by atoms with Gasteiger partial charge in [-0.15, -0.1) is 12.6 Å². The van der Waals surface area contributed by atoms with Crippen LogP contribution in [0.4, 0.5) is 0 Å². The van der Waals surface area contributed by atoms with Gasteiger partial charge in [0.15, 0.2) is 11.5 Å². The Labute approximate surface area is 146 Å². The summed E-state index contributed by atoms with van der Waals surface area (Å²) in [6.45, 7) is 1.74. The van der Waals surface area contributed by atoms with Crippen molar-refractivity contribution in [3.05, 3.63) is 45.6 Å². The number of ether oxygens (including phenoxy) is 3. The van der Waals surface area contributed by atoms with Crippen LogP contribution in [0, 0.1) is 11.3 Å². The Morgan fingerprint density at radius 2 is 1.92 bits per heavy atom. The van der Waals surface area contributed by atoms with Crippen molar-refractivity contribution in [3.63, 3.8) is 0 Å². The van der Waals surface area contributed by atoms with Crippen LogP contribution < -0.4 is 14.8 Å². The highest BCUT2D eigenvalue weighted by atomic mass is 32.1. The molecule has 0 radical (unpaired) electrons. The van der Waals surface area contributed by atoms with Crippen molar-refractivity contribution in [2.75, 3.05) is 21.3 Å². The zero-order valence-electron chi connectivity index (χ0n) is 13.8. The van der Waals surface area contributed by atoms with Crippen molar-refractivity contribution in [3.8, 4) is 17.6 Å². The summed E-state index contributed by atoms with van der Waals surface area (Å²) in [4.78, 5) is 12.3. The van der Waals surface area contributed by atoms with E-state index in [1.54, 1.807) is 32.2 Å². The van der Waals surface area contributed by atoms with Gasteiger partial charge < -0.3 is 19.5 Å². The third kappa shape index (κ3) is 3.05. The van der Waals surface area contributed by atoms with Gasteiger partial charge in [0.25, 0.3) is 0 Å². The fourth-order valence-electron chi connectivity index (χ4n) is 2.67. The number of nitrogens with zero attached hydrogens (tertiary/aromatic N) is 1. The molecule has 7 heteroatoms. The molecule has 126 valence electrons. The fraction of sp³-hybridized carbons (Fsp3) is 0.294. The first-order valence-corrected chi connectivity index (χ1v) is 7.54. The molecule has 0 unspecified atom stereocenters. The van der Waals surface area contributed by atoms with E-state index in [1.807, 2.05) is 0 Å². The van der Waals surface area contributed by atoms with Crippen LogP contribution in [0.25, 0.3) is 0 Å². The Morgan fingerprint density at radius 1 is 1.25 bits per heavy atom. The summed E-state index contributed by atoms with van der Waals surface area (Å²) < 4.78 is 15.4. The van der Waals surface area contributed by atoms with E-state index in [9.17, 15) is 10.1 Å². The lowest BCUT2D eigenvalue weighted by Crippen LogP contribution is -2.27. The Morgan fingerprint density at radius 3 is 2.46 bits per heavy atom. The van der Waals surface area contributed by atoms with Crippen LogP contribution in [-0.4, -0.2) is 27.3 Å². The molecule has 0 spiro atoms. The first kappa shape index (κ1) is 17.8. The van der Waals surface area contributed by atoms with Gasteiger partial charge >= 0.3 is 5.97 Å². The molecule has 0 aromatic heterocycles. The Hall–Kier alpha value is -2.59. The van der Waals surface area contributed by atoms with E-state index >= 15 is 0 Å². The smallest absolute Gasteiger partial charge is 0.336 e. The van der Waals surface area contributed by atoms with Gasteiger partial charge in [-0.2, -0.15) is 5.26 Å². The van der Waals surface area contributed by atoms with E-state index in [1.165, 1.54) is 14.2 Å². The molecule has 1 heterocycles. The Kier molecular flexibility index (Phi) is 5.42. The highest BCUT2D eigenvalue weighted by molar-refractivity contribution is 7.84. The molecule has 1 atom stereocenters. The second-order valence-electron chi connectivity index (χ2n) is 5.08. The number of thiol groups is 1. The number of hydrogen-bond donors (Lipinski definition) is 2. The summed E-state index contributed by atoms with van der Waals surface area (Å²) >= 11 is 4.33. The summed E-state index contributed by atoms with van der Waals surface area (Å²) in [6.07, 6.45) is 0. The quantitative estimate of drug-likeness (QED) is 0.644. The van der Waals surface area contributed by atoms with Crippen LogP contribution in [0.3, 0.4) is 0 Å². The van der Waals surface area contributed by atoms with Crippen molar-refractivity contribution in [2.45, 2.75) is 12.8 Å². The topological polar surface area (TPSA) is 80.6 Å². The van der Waals surface area contributed by atoms with Crippen LogP contribution in [-0.2, 0) is 9.53 Å². The molecule has 0 saturated heterocycles. The van der Waals surface area contributed by atoms with E-state index in [0.29, 0.717) is 38.9 Å². The van der Waals surface area contributed by atoms with Gasteiger partial charge in [-0.3, -0.25) is 0 Å².